The summed E-state index contributed by atoms with van der Waals surface area (Å²) in [6.45, 7) is 0.755. The van der Waals surface area contributed by atoms with Crippen LogP contribution in [0.15, 0.2) is 31.9 Å². The molecule has 0 spiro atoms. The van der Waals surface area contributed by atoms with Gasteiger partial charge in [-0.3, -0.25) is 13.8 Å². The van der Waals surface area contributed by atoms with E-state index in [1.165, 1.54) is 20.1 Å². The largest absolute Gasteiger partial charge is 0.495 e. The highest BCUT2D eigenvalue weighted by atomic mass is 79.9. The number of aliphatic carboxylic acids is 1. The molecule has 1 aromatic carbocycles. The van der Waals surface area contributed by atoms with E-state index in [2.05, 4.69) is 15.9 Å². The number of benzene rings is 1. The minimum absolute atomic E-state index is 0.191. The number of phosphoric acid groups is 1. The third-order valence-corrected chi connectivity index (χ3v) is 5.25. The van der Waals surface area contributed by atoms with Gasteiger partial charge in [0.15, 0.2) is 0 Å². The summed E-state index contributed by atoms with van der Waals surface area (Å²) in [7, 11) is -3.20. The molecule has 1 aromatic heterocycles. The Balaban J connectivity index is 2.25. The molecule has 4 N–H and O–H groups in total. The van der Waals surface area contributed by atoms with Crippen LogP contribution in [0.25, 0.3) is 11.0 Å². The number of halogens is 1. The summed E-state index contributed by atoms with van der Waals surface area (Å²) in [5, 5.41) is 9.24. The Morgan fingerprint density at radius 2 is 2.07 bits per heavy atom. The van der Waals surface area contributed by atoms with Gasteiger partial charge >= 0.3 is 19.4 Å². The fourth-order valence-corrected chi connectivity index (χ4v) is 3.58. The summed E-state index contributed by atoms with van der Waals surface area (Å²) in [4.78, 5) is 32.3. The van der Waals surface area contributed by atoms with E-state index in [4.69, 9.17) is 29.0 Å². The molecule has 0 saturated carbocycles. The molecule has 27 heavy (non-hydrogen) atoms. The van der Waals surface area contributed by atoms with Gasteiger partial charge in [0.25, 0.3) is 0 Å². The van der Waals surface area contributed by atoms with Crippen LogP contribution in [0, 0.1) is 0 Å². The smallest absolute Gasteiger partial charge is 0.472 e. The van der Waals surface area contributed by atoms with Crippen molar-refractivity contribution < 1.29 is 37.6 Å². The van der Waals surface area contributed by atoms with Crippen LogP contribution in [0.1, 0.15) is 12.5 Å². The third-order valence-electron chi connectivity index (χ3n) is 3.58. The standard InChI is InChI=1S/C15H17BrNO9P/c1-7(14(17)15(19)20)26-27(21,22)24-6-8-3-13(18)25-11-5-12(23-2)10(16)4-9(8)11/h3-5,7,14H,6,17H2,1-2H3,(H,19,20)(H,21,22)/t7?,14-/m0/s1. The maximum absolute atomic E-state index is 12.0. The second-order valence-corrected chi connectivity index (χ2v) is 7.75. The predicted molar refractivity (Wildman–Crippen MR) is 97.5 cm³/mol. The molecule has 0 aliphatic rings. The van der Waals surface area contributed by atoms with Crippen molar-refractivity contribution >= 4 is 40.7 Å². The van der Waals surface area contributed by atoms with Gasteiger partial charge < -0.3 is 24.9 Å². The van der Waals surface area contributed by atoms with Crippen LogP contribution in [0.5, 0.6) is 5.75 Å². The summed E-state index contributed by atoms with van der Waals surface area (Å²) in [6.07, 6.45) is -1.28. The second-order valence-electron chi connectivity index (χ2n) is 5.49. The van der Waals surface area contributed by atoms with E-state index in [1.807, 2.05) is 0 Å². The van der Waals surface area contributed by atoms with Gasteiger partial charge in [0.05, 0.1) is 24.3 Å². The number of hydrogen-bond donors (Lipinski definition) is 3. The Morgan fingerprint density at radius 1 is 1.41 bits per heavy atom. The minimum atomic E-state index is -4.64. The number of ether oxygens (including phenoxy) is 1. The number of carbonyl (C=O) groups is 1. The summed E-state index contributed by atoms with van der Waals surface area (Å²) in [5.74, 6) is -0.968. The number of methoxy groups -OCH3 is 1. The highest BCUT2D eigenvalue weighted by molar-refractivity contribution is 9.10. The number of fused-ring (bicyclic) bond motifs is 1. The zero-order valence-corrected chi connectivity index (χ0v) is 16.7. The lowest BCUT2D eigenvalue weighted by molar-refractivity contribution is -0.140. The molecule has 148 valence electrons. The van der Waals surface area contributed by atoms with Gasteiger partial charge in [-0.2, -0.15) is 0 Å². The van der Waals surface area contributed by atoms with E-state index < -0.39 is 38.2 Å². The number of phosphoric ester groups is 1. The lowest BCUT2D eigenvalue weighted by Gasteiger charge is -2.20. The van der Waals surface area contributed by atoms with Crippen LogP contribution in [0.4, 0.5) is 0 Å². The average molecular weight is 466 g/mol. The van der Waals surface area contributed by atoms with Crippen LogP contribution in [0.2, 0.25) is 0 Å². The predicted octanol–water partition coefficient (Wildman–Crippen LogP) is 2.00. The zero-order valence-electron chi connectivity index (χ0n) is 14.2. The number of hydrogen-bond acceptors (Lipinski definition) is 8. The molecule has 2 aromatic rings. The normalized spacial score (nSPS) is 15.9. The Bertz CT molecular complexity index is 960. The summed E-state index contributed by atoms with van der Waals surface area (Å²) in [6, 6.07) is 2.67. The lowest BCUT2D eigenvalue weighted by Crippen LogP contribution is -2.41. The highest BCUT2D eigenvalue weighted by Gasteiger charge is 2.31. The number of carboxylic acids is 1. The monoisotopic (exact) mass is 465 g/mol. The van der Waals surface area contributed by atoms with Crippen LogP contribution >= 0.6 is 23.8 Å². The quantitative estimate of drug-likeness (QED) is 0.388. The van der Waals surface area contributed by atoms with Crippen molar-refractivity contribution in [3.05, 3.63) is 38.7 Å². The first-order valence-corrected chi connectivity index (χ1v) is 9.77. The van der Waals surface area contributed by atoms with E-state index in [9.17, 15) is 19.0 Å². The van der Waals surface area contributed by atoms with Gasteiger partial charge in [0.1, 0.15) is 17.4 Å². The first kappa shape index (κ1) is 21.5. The van der Waals surface area contributed by atoms with Crippen molar-refractivity contribution in [3.8, 4) is 5.75 Å². The summed E-state index contributed by atoms with van der Waals surface area (Å²) >= 11 is 3.30. The Hall–Kier alpha value is -1.75. The van der Waals surface area contributed by atoms with Crippen LogP contribution in [0.3, 0.4) is 0 Å². The van der Waals surface area contributed by atoms with Gasteiger partial charge in [-0.25, -0.2) is 9.36 Å². The van der Waals surface area contributed by atoms with Crippen molar-refractivity contribution in [1.29, 1.82) is 0 Å². The van der Waals surface area contributed by atoms with Gasteiger partial charge in [-0.1, -0.05) is 0 Å². The average Bonchev–Trinajstić information content (AvgIpc) is 2.58. The van der Waals surface area contributed by atoms with Crippen LogP contribution in [-0.2, 0) is 25.0 Å². The molecule has 12 heteroatoms. The van der Waals surface area contributed by atoms with Crippen LogP contribution < -0.4 is 16.1 Å². The number of carboxylic acid groups (broad SMARTS) is 1. The molecule has 0 amide bonds. The molecule has 1 heterocycles. The zero-order chi connectivity index (χ0) is 20.4. The van der Waals surface area contributed by atoms with Gasteiger partial charge in [-0.05, 0) is 34.5 Å². The van der Waals surface area contributed by atoms with Gasteiger partial charge in [-0.15, -0.1) is 0 Å². The fourth-order valence-electron chi connectivity index (χ4n) is 2.16. The summed E-state index contributed by atoms with van der Waals surface area (Å²) < 4.78 is 32.5. The van der Waals surface area contributed by atoms with Crippen molar-refractivity contribution in [2.24, 2.45) is 5.73 Å². The maximum Gasteiger partial charge on any atom is 0.472 e. The molecule has 2 unspecified atom stereocenters. The molecule has 0 saturated heterocycles. The lowest BCUT2D eigenvalue weighted by atomic mass is 10.1. The molecular weight excluding hydrogens is 449 g/mol. The SMILES string of the molecule is COc1cc2oc(=O)cc(COP(=O)(O)OC(C)[C@H](N)C(=O)O)c2cc1Br. The van der Waals surface area contributed by atoms with Crippen molar-refractivity contribution in [3.63, 3.8) is 0 Å². The molecule has 10 nitrogen and oxygen atoms in total. The summed E-state index contributed by atoms with van der Waals surface area (Å²) in [5.41, 5.74) is 5.09. The molecule has 0 fully saturated rings. The van der Waals surface area contributed by atoms with Crippen molar-refractivity contribution in [2.45, 2.75) is 25.7 Å². The Kier molecular flexibility index (Phi) is 6.79. The van der Waals surface area contributed by atoms with Gasteiger partial charge in [0, 0.05) is 17.5 Å². The minimum Gasteiger partial charge on any atom is -0.495 e. The number of nitrogens with two attached hydrogens (primary N) is 1. The van der Waals surface area contributed by atoms with Crippen molar-refractivity contribution in [1.82, 2.24) is 0 Å². The fraction of sp³-hybridized carbons (Fsp3) is 0.333. The molecule has 0 bridgehead atoms. The molecular formula is C15H17BrNO9P. The molecule has 0 aliphatic carbocycles. The van der Waals surface area contributed by atoms with E-state index in [-0.39, 0.29) is 11.1 Å². The van der Waals surface area contributed by atoms with Crippen LogP contribution in [-0.4, -0.2) is 35.2 Å². The van der Waals surface area contributed by atoms with E-state index >= 15 is 0 Å². The van der Waals surface area contributed by atoms with E-state index in [0.29, 0.717) is 15.6 Å². The van der Waals surface area contributed by atoms with E-state index in [0.717, 1.165) is 6.07 Å². The first-order valence-electron chi connectivity index (χ1n) is 7.48. The maximum atomic E-state index is 12.0. The second kappa shape index (κ2) is 8.51. The molecule has 3 atom stereocenters. The Morgan fingerprint density at radius 3 is 2.67 bits per heavy atom. The number of rotatable bonds is 8. The Labute approximate surface area is 161 Å². The molecule has 0 aliphatic heterocycles. The van der Waals surface area contributed by atoms with Crippen molar-refractivity contribution in [2.75, 3.05) is 7.11 Å². The molecule has 0 radical (unpaired) electrons. The van der Waals surface area contributed by atoms with Gasteiger partial charge in [0.2, 0.25) is 0 Å². The third kappa shape index (κ3) is 5.38. The highest BCUT2D eigenvalue weighted by Crippen LogP contribution is 2.46. The van der Waals surface area contributed by atoms with E-state index in [1.54, 1.807) is 6.07 Å². The first-order chi connectivity index (χ1) is 12.5. The molecule has 2 rings (SSSR count). The topological polar surface area (TPSA) is 159 Å².